The van der Waals surface area contributed by atoms with Gasteiger partial charge in [-0.1, -0.05) is 13.8 Å². The molecule has 0 bridgehead atoms. The van der Waals surface area contributed by atoms with E-state index in [0.29, 0.717) is 5.92 Å². The monoisotopic (exact) mass is 242 g/mol. The first-order chi connectivity index (χ1) is 8.01. The first kappa shape index (κ1) is 14.2. The Morgan fingerprint density at radius 1 is 1.41 bits per heavy atom. The number of carbonyl (C=O) groups excluding carboxylic acids is 2. The summed E-state index contributed by atoms with van der Waals surface area (Å²) in [6.45, 7) is 5.76. The Kier molecular flexibility index (Phi) is 5.12. The van der Waals surface area contributed by atoms with E-state index in [2.05, 4.69) is 6.92 Å². The molecule has 17 heavy (non-hydrogen) atoms. The average molecular weight is 242 g/mol. The van der Waals surface area contributed by atoms with Gasteiger partial charge in [0.05, 0.1) is 25.2 Å². The van der Waals surface area contributed by atoms with Gasteiger partial charge in [0.15, 0.2) is 0 Å². The number of aldehydes is 1. The van der Waals surface area contributed by atoms with Crippen molar-refractivity contribution in [3.8, 4) is 0 Å². The molecule has 4 heteroatoms. The van der Waals surface area contributed by atoms with Gasteiger partial charge in [-0.25, -0.2) is 0 Å². The summed E-state index contributed by atoms with van der Waals surface area (Å²) in [6.07, 6.45) is 2.53. The van der Waals surface area contributed by atoms with Gasteiger partial charge in [-0.15, -0.1) is 0 Å². The summed E-state index contributed by atoms with van der Waals surface area (Å²) in [4.78, 5) is 22.3. The van der Waals surface area contributed by atoms with E-state index in [-0.39, 0.29) is 30.0 Å². The van der Waals surface area contributed by atoms with Gasteiger partial charge in [-0.3, -0.25) is 4.79 Å². The summed E-state index contributed by atoms with van der Waals surface area (Å²) in [6, 6.07) is 0. The van der Waals surface area contributed by atoms with E-state index >= 15 is 0 Å². The summed E-state index contributed by atoms with van der Waals surface area (Å²) in [5.41, 5.74) is 0. The number of ether oxygens (including phenoxy) is 2. The smallest absolute Gasteiger partial charge is 0.311 e. The molecule has 1 fully saturated rings. The van der Waals surface area contributed by atoms with Gasteiger partial charge in [0.25, 0.3) is 0 Å². The second-order valence-electron chi connectivity index (χ2n) is 5.00. The normalized spacial score (nSPS) is 32.6. The van der Waals surface area contributed by atoms with E-state index in [1.165, 1.54) is 7.11 Å². The van der Waals surface area contributed by atoms with Crippen LogP contribution in [0.2, 0.25) is 0 Å². The zero-order chi connectivity index (χ0) is 13.0. The maximum atomic E-state index is 11.5. The van der Waals surface area contributed by atoms with Gasteiger partial charge in [0.2, 0.25) is 0 Å². The predicted molar refractivity (Wildman–Crippen MR) is 63.5 cm³/mol. The molecule has 1 aliphatic rings. The molecule has 0 aliphatic carbocycles. The maximum absolute atomic E-state index is 11.5. The van der Waals surface area contributed by atoms with Crippen molar-refractivity contribution in [2.45, 2.75) is 45.8 Å². The predicted octanol–water partition coefficient (Wildman–Crippen LogP) is 1.81. The first-order valence-electron chi connectivity index (χ1n) is 6.19. The molecule has 0 aromatic heterocycles. The molecule has 0 aromatic carbocycles. The third-order valence-corrected chi connectivity index (χ3v) is 3.66. The first-order valence-corrected chi connectivity index (χ1v) is 6.19. The SMILES string of the molecule is COC(=O)[C@@H](C)[C@@H]1CC[C@H](C)[C@@H]([C@@H](C)C=O)O1. The molecule has 0 unspecified atom stereocenters. The fourth-order valence-electron chi connectivity index (χ4n) is 2.42. The third kappa shape index (κ3) is 3.28. The molecule has 1 rings (SSSR count). The van der Waals surface area contributed by atoms with Crippen molar-refractivity contribution in [2.75, 3.05) is 7.11 Å². The molecule has 0 spiro atoms. The van der Waals surface area contributed by atoms with Crippen molar-refractivity contribution in [2.24, 2.45) is 17.8 Å². The molecular weight excluding hydrogens is 220 g/mol. The molecule has 4 nitrogen and oxygen atoms in total. The number of hydrogen-bond donors (Lipinski definition) is 0. The van der Waals surface area contributed by atoms with Gasteiger partial charge < -0.3 is 14.3 Å². The van der Waals surface area contributed by atoms with Gasteiger partial charge in [-0.05, 0) is 25.7 Å². The van der Waals surface area contributed by atoms with Crippen LogP contribution in [0.5, 0.6) is 0 Å². The van der Waals surface area contributed by atoms with Crippen LogP contribution in [0, 0.1) is 17.8 Å². The highest BCUT2D eigenvalue weighted by Crippen LogP contribution is 2.32. The molecular formula is C13H22O4. The summed E-state index contributed by atoms with van der Waals surface area (Å²) < 4.78 is 10.6. The number of esters is 1. The fourth-order valence-corrected chi connectivity index (χ4v) is 2.42. The minimum atomic E-state index is -0.270. The number of methoxy groups -OCH3 is 1. The number of carbonyl (C=O) groups is 2. The molecule has 0 N–H and O–H groups in total. The van der Waals surface area contributed by atoms with E-state index in [1.54, 1.807) is 0 Å². The van der Waals surface area contributed by atoms with E-state index in [4.69, 9.17) is 9.47 Å². The molecule has 1 aliphatic heterocycles. The Bertz CT molecular complexity index is 277. The van der Waals surface area contributed by atoms with Crippen LogP contribution in [-0.4, -0.2) is 31.6 Å². The van der Waals surface area contributed by atoms with E-state index in [1.807, 2.05) is 13.8 Å². The molecule has 1 saturated heterocycles. The van der Waals surface area contributed by atoms with Crippen LogP contribution in [0.4, 0.5) is 0 Å². The lowest BCUT2D eigenvalue weighted by Gasteiger charge is -2.38. The summed E-state index contributed by atoms with van der Waals surface area (Å²) >= 11 is 0. The van der Waals surface area contributed by atoms with Crippen molar-refractivity contribution >= 4 is 12.3 Å². The van der Waals surface area contributed by atoms with E-state index in [9.17, 15) is 9.59 Å². The van der Waals surface area contributed by atoms with Crippen molar-refractivity contribution in [3.05, 3.63) is 0 Å². The van der Waals surface area contributed by atoms with Crippen molar-refractivity contribution < 1.29 is 19.1 Å². The van der Waals surface area contributed by atoms with E-state index < -0.39 is 0 Å². The second-order valence-corrected chi connectivity index (χ2v) is 5.00. The molecule has 0 amide bonds. The van der Waals surface area contributed by atoms with Crippen LogP contribution < -0.4 is 0 Å². The van der Waals surface area contributed by atoms with E-state index in [0.717, 1.165) is 19.1 Å². The van der Waals surface area contributed by atoms with Gasteiger partial charge in [0.1, 0.15) is 6.29 Å². The minimum absolute atomic E-state index is 0.0849. The Hall–Kier alpha value is -0.900. The second kappa shape index (κ2) is 6.15. The van der Waals surface area contributed by atoms with Crippen LogP contribution in [-0.2, 0) is 19.1 Å². The van der Waals surface area contributed by atoms with Gasteiger partial charge in [-0.2, -0.15) is 0 Å². The lowest BCUT2D eigenvalue weighted by atomic mass is 9.84. The zero-order valence-electron chi connectivity index (χ0n) is 11.0. The quantitative estimate of drug-likeness (QED) is 0.557. The lowest BCUT2D eigenvalue weighted by molar-refractivity contribution is -0.162. The molecule has 98 valence electrons. The fraction of sp³-hybridized carbons (Fsp3) is 0.846. The molecule has 5 atom stereocenters. The van der Waals surface area contributed by atoms with Crippen LogP contribution in [0.1, 0.15) is 33.6 Å². The Labute approximate surface area is 103 Å². The highest BCUT2D eigenvalue weighted by molar-refractivity contribution is 5.72. The summed E-state index contributed by atoms with van der Waals surface area (Å²) in [5.74, 6) is -0.287. The van der Waals surface area contributed by atoms with Crippen LogP contribution >= 0.6 is 0 Å². The summed E-state index contributed by atoms with van der Waals surface area (Å²) in [5, 5.41) is 0. The largest absolute Gasteiger partial charge is 0.469 e. The van der Waals surface area contributed by atoms with Crippen LogP contribution in [0.15, 0.2) is 0 Å². The third-order valence-electron chi connectivity index (χ3n) is 3.66. The molecule has 0 radical (unpaired) electrons. The molecule has 0 saturated carbocycles. The van der Waals surface area contributed by atoms with Gasteiger partial charge >= 0.3 is 5.97 Å². The van der Waals surface area contributed by atoms with Crippen LogP contribution in [0.3, 0.4) is 0 Å². The van der Waals surface area contributed by atoms with Crippen LogP contribution in [0.25, 0.3) is 0 Å². The van der Waals surface area contributed by atoms with Gasteiger partial charge in [0, 0.05) is 5.92 Å². The molecule has 1 heterocycles. The average Bonchev–Trinajstić information content (AvgIpc) is 2.36. The van der Waals surface area contributed by atoms with Crippen molar-refractivity contribution in [3.63, 3.8) is 0 Å². The molecule has 0 aromatic rings. The maximum Gasteiger partial charge on any atom is 0.311 e. The highest BCUT2D eigenvalue weighted by atomic mass is 16.5. The summed E-state index contributed by atoms with van der Waals surface area (Å²) in [7, 11) is 1.38. The topological polar surface area (TPSA) is 52.6 Å². The minimum Gasteiger partial charge on any atom is -0.469 e. The Balaban J connectivity index is 2.66. The van der Waals surface area contributed by atoms with Crippen molar-refractivity contribution in [1.82, 2.24) is 0 Å². The zero-order valence-corrected chi connectivity index (χ0v) is 11.0. The highest BCUT2D eigenvalue weighted by Gasteiger charge is 2.36. The Morgan fingerprint density at radius 3 is 2.59 bits per heavy atom. The number of rotatable bonds is 4. The lowest BCUT2D eigenvalue weighted by Crippen LogP contribution is -2.43. The standard InChI is InChI=1S/C13H22O4/c1-8-5-6-11(10(3)13(15)16-4)17-12(8)9(2)7-14/h7-12H,5-6H2,1-4H3/t8-,9-,10-,11-,12-/m0/s1. The van der Waals surface area contributed by atoms with Crippen molar-refractivity contribution in [1.29, 1.82) is 0 Å². The number of hydrogen-bond acceptors (Lipinski definition) is 4. The Morgan fingerprint density at radius 2 is 2.06 bits per heavy atom.